The van der Waals surface area contributed by atoms with Gasteiger partial charge in [-0.25, -0.2) is 0 Å². The Balaban J connectivity index is 1.91. The zero-order valence-corrected chi connectivity index (χ0v) is 17.4. The topological polar surface area (TPSA) is 92.5 Å². The molecule has 1 N–H and O–H groups in total. The maximum Gasteiger partial charge on any atom is 0.275 e. The summed E-state index contributed by atoms with van der Waals surface area (Å²) in [6.07, 6.45) is 1.37. The van der Waals surface area contributed by atoms with Gasteiger partial charge < -0.3 is 10.0 Å². The van der Waals surface area contributed by atoms with Crippen LogP contribution in [0.15, 0.2) is 65.6 Å². The van der Waals surface area contributed by atoms with E-state index < -0.39 is 17.1 Å². The van der Waals surface area contributed by atoms with Crippen LogP contribution in [0, 0.1) is 0 Å². The molecule has 0 spiro atoms. The van der Waals surface area contributed by atoms with Crippen LogP contribution < -0.4 is 5.43 Å². The smallest absolute Gasteiger partial charge is 0.275 e. The maximum absolute atomic E-state index is 12.7. The fourth-order valence-electron chi connectivity index (χ4n) is 4.26. The highest BCUT2D eigenvalue weighted by atomic mass is 16.3. The lowest BCUT2D eigenvalue weighted by molar-refractivity contribution is -0.116. The predicted molar refractivity (Wildman–Crippen MR) is 115 cm³/mol. The molecule has 3 aromatic rings. The summed E-state index contributed by atoms with van der Waals surface area (Å²) in [7, 11) is 1.64. The standard InChI is InChI=1S/C24H23N3O4/c1-15(28)11-16-7-6-10-18(12-16)21(17-8-4-3-5-9-17)19-14-26(2)24(31)22-23(30)20(29)13-25-27(19)22/h3-10,12-13,19,21,30H,11,14H2,1-2H3. The number of likely N-dealkylation sites (N-methyl/N-ethyl adjacent to an activating group) is 1. The van der Waals surface area contributed by atoms with Gasteiger partial charge in [0.1, 0.15) is 5.78 Å². The van der Waals surface area contributed by atoms with Crippen LogP contribution >= 0.6 is 0 Å². The van der Waals surface area contributed by atoms with E-state index >= 15 is 0 Å². The van der Waals surface area contributed by atoms with E-state index in [0.29, 0.717) is 13.0 Å². The van der Waals surface area contributed by atoms with Gasteiger partial charge in [-0.05, 0) is 23.6 Å². The van der Waals surface area contributed by atoms with Crippen molar-refractivity contribution in [1.82, 2.24) is 14.7 Å². The van der Waals surface area contributed by atoms with Crippen molar-refractivity contribution in [2.45, 2.75) is 25.3 Å². The highest BCUT2D eigenvalue weighted by Gasteiger charge is 2.38. The number of nitrogens with zero attached hydrogens (tertiary/aromatic N) is 3. The van der Waals surface area contributed by atoms with Crippen molar-refractivity contribution in [1.29, 1.82) is 0 Å². The molecular formula is C24H23N3O4. The average molecular weight is 417 g/mol. The van der Waals surface area contributed by atoms with Gasteiger partial charge in [-0.15, -0.1) is 0 Å². The number of amides is 1. The molecule has 2 atom stereocenters. The Kier molecular flexibility index (Phi) is 5.42. The third kappa shape index (κ3) is 3.86. The number of aromatic hydroxyl groups is 1. The fraction of sp³-hybridized carbons (Fsp3) is 0.250. The number of carbonyl (C=O) groups excluding carboxylic acids is 2. The van der Waals surface area contributed by atoms with Crippen molar-refractivity contribution >= 4 is 11.7 Å². The first-order chi connectivity index (χ1) is 14.9. The number of fused-ring (bicyclic) bond motifs is 1. The van der Waals surface area contributed by atoms with E-state index in [9.17, 15) is 19.5 Å². The number of Topliss-reactive ketones (excluding diaryl/α,β-unsaturated/α-hetero) is 1. The zero-order valence-electron chi connectivity index (χ0n) is 17.4. The summed E-state index contributed by atoms with van der Waals surface area (Å²) in [4.78, 5) is 37.9. The summed E-state index contributed by atoms with van der Waals surface area (Å²) in [5.41, 5.74) is 2.08. The van der Waals surface area contributed by atoms with Gasteiger partial charge in [-0.3, -0.25) is 19.1 Å². The van der Waals surface area contributed by atoms with Crippen LogP contribution in [0.5, 0.6) is 5.75 Å². The molecule has 2 unspecified atom stereocenters. The Morgan fingerprint density at radius 2 is 1.84 bits per heavy atom. The molecule has 0 aliphatic carbocycles. The van der Waals surface area contributed by atoms with Crippen molar-refractivity contribution in [3.05, 3.63) is 93.4 Å². The normalized spacial score (nSPS) is 16.6. The quantitative estimate of drug-likeness (QED) is 0.689. The van der Waals surface area contributed by atoms with Crippen LogP contribution in [0.1, 0.15) is 46.1 Å². The molecule has 1 aliphatic rings. The number of carbonyl (C=O) groups is 2. The third-order valence-electron chi connectivity index (χ3n) is 5.62. The molecule has 0 radical (unpaired) electrons. The van der Waals surface area contributed by atoms with Gasteiger partial charge >= 0.3 is 0 Å². The molecule has 7 heteroatoms. The number of aromatic nitrogens is 2. The number of ketones is 1. The largest absolute Gasteiger partial charge is 0.502 e. The molecule has 2 aromatic carbocycles. The predicted octanol–water partition coefficient (Wildman–Crippen LogP) is 2.54. The molecule has 0 fully saturated rings. The molecule has 0 saturated carbocycles. The van der Waals surface area contributed by atoms with E-state index in [4.69, 9.17) is 0 Å². The van der Waals surface area contributed by atoms with Gasteiger partial charge in [-0.2, -0.15) is 5.10 Å². The van der Waals surface area contributed by atoms with Gasteiger partial charge in [0, 0.05) is 25.9 Å². The van der Waals surface area contributed by atoms with Crippen LogP contribution in [-0.2, 0) is 11.2 Å². The Hall–Kier alpha value is -3.74. The van der Waals surface area contributed by atoms with Crippen LogP contribution in [-0.4, -0.2) is 45.1 Å². The minimum absolute atomic E-state index is 0.0747. The summed E-state index contributed by atoms with van der Waals surface area (Å²) >= 11 is 0. The number of rotatable bonds is 5. The van der Waals surface area contributed by atoms with Crippen molar-refractivity contribution in [2.75, 3.05) is 13.6 Å². The summed E-state index contributed by atoms with van der Waals surface area (Å²) in [6, 6.07) is 17.3. The van der Waals surface area contributed by atoms with E-state index in [1.54, 1.807) is 14.0 Å². The van der Waals surface area contributed by atoms with Crippen LogP contribution in [0.25, 0.3) is 0 Å². The second-order valence-corrected chi connectivity index (χ2v) is 7.92. The maximum atomic E-state index is 12.7. The van der Waals surface area contributed by atoms with Crippen molar-refractivity contribution < 1.29 is 14.7 Å². The lowest BCUT2D eigenvalue weighted by Crippen LogP contribution is -2.45. The fourth-order valence-corrected chi connectivity index (χ4v) is 4.26. The van der Waals surface area contributed by atoms with Crippen molar-refractivity contribution in [3.8, 4) is 5.75 Å². The summed E-state index contributed by atoms with van der Waals surface area (Å²) < 4.78 is 1.47. The second kappa shape index (κ2) is 8.18. The van der Waals surface area contributed by atoms with E-state index in [2.05, 4.69) is 5.10 Å². The first-order valence-electron chi connectivity index (χ1n) is 10.1. The lowest BCUT2D eigenvalue weighted by atomic mass is 9.83. The van der Waals surface area contributed by atoms with Crippen LogP contribution in [0.2, 0.25) is 0 Å². The van der Waals surface area contributed by atoms with Crippen LogP contribution in [0.4, 0.5) is 0 Å². The monoisotopic (exact) mass is 417 g/mol. The molecule has 0 bridgehead atoms. The first-order valence-corrected chi connectivity index (χ1v) is 10.1. The molecule has 0 saturated heterocycles. The molecule has 31 heavy (non-hydrogen) atoms. The Bertz CT molecular complexity index is 1200. The first kappa shape index (κ1) is 20.5. The van der Waals surface area contributed by atoms with Gasteiger partial charge in [0.2, 0.25) is 5.43 Å². The van der Waals surface area contributed by atoms with Crippen LogP contribution in [0.3, 0.4) is 0 Å². The second-order valence-electron chi connectivity index (χ2n) is 7.92. The molecule has 158 valence electrons. The number of hydrogen-bond acceptors (Lipinski definition) is 5. The molecule has 1 aliphatic heterocycles. The minimum Gasteiger partial charge on any atom is -0.502 e. The van der Waals surface area contributed by atoms with Gasteiger partial charge in [0.15, 0.2) is 11.4 Å². The molecule has 7 nitrogen and oxygen atoms in total. The van der Waals surface area contributed by atoms with E-state index in [1.807, 2.05) is 54.6 Å². The van der Waals surface area contributed by atoms with Gasteiger partial charge in [0.05, 0.1) is 12.2 Å². The lowest BCUT2D eigenvalue weighted by Gasteiger charge is -2.37. The van der Waals surface area contributed by atoms with E-state index in [1.165, 1.54) is 9.58 Å². The van der Waals surface area contributed by atoms with E-state index in [-0.39, 0.29) is 23.4 Å². The van der Waals surface area contributed by atoms with E-state index in [0.717, 1.165) is 22.9 Å². The summed E-state index contributed by atoms with van der Waals surface area (Å²) in [5, 5.41) is 14.6. The van der Waals surface area contributed by atoms with Gasteiger partial charge in [0.25, 0.3) is 5.91 Å². The number of hydrogen-bond donors (Lipinski definition) is 1. The SMILES string of the molecule is CC(=O)Cc1cccc(C(c2ccccc2)C2CN(C)C(=O)c3c(O)c(=O)cnn32)c1. The zero-order chi connectivity index (χ0) is 22.1. The highest BCUT2D eigenvalue weighted by Crippen LogP contribution is 2.39. The van der Waals surface area contributed by atoms with Gasteiger partial charge in [-0.1, -0.05) is 54.6 Å². The molecule has 2 heterocycles. The Morgan fingerprint density at radius 3 is 2.55 bits per heavy atom. The summed E-state index contributed by atoms with van der Waals surface area (Å²) in [5.74, 6) is -1.19. The minimum atomic E-state index is -0.687. The molecule has 4 rings (SSSR count). The van der Waals surface area contributed by atoms with Crippen molar-refractivity contribution in [3.63, 3.8) is 0 Å². The highest BCUT2D eigenvalue weighted by molar-refractivity contribution is 5.95. The molecular weight excluding hydrogens is 394 g/mol. The average Bonchev–Trinajstić information content (AvgIpc) is 2.74. The number of benzene rings is 2. The molecule has 1 amide bonds. The molecule has 1 aromatic heterocycles. The Morgan fingerprint density at radius 1 is 1.13 bits per heavy atom. The summed E-state index contributed by atoms with van der Waals surface area (Å²) in [6.45, 7) is 1.90. The third-order valence-corrected chi connectivity index (χ3v) is 5.62. The van der Waals surface area contributed by atoms with Crippen molar-refractivity contribution in [2.24, 2.45) is 0 Å². The Labute approximate surface area is 179 Å².